The summed E-state index contributed by atoms with van der Waals surface area (Å²) in [6, 6.07) is 0.576. The van der Waals surface area contributed by atoms with Crippen LogP contribution in [0.4, 0.5) is 0 Å². The first kappa shape index (κ1) is 14.3. The molecule has 3 nitrogen and oxygen atoms in total. The molecule has 2 fully saturated rings. The van der Waals surface area contributed by atoms with Gasteiger partial charge < -0.3 is 15.2 Å². The Morgan fingerprint density at radius 1 is 1.33 bits per heavy atom. The fraction of sp³-hybridized carbons (Fsp3) is 1.00. The number of aliphatic hydroxyl groups is 1. The number of nitrogens with one attached hydrogen (secondary N) is 1. The summed E-state index contributed by atoms with van der Waals surface area (Å²) in [5, 5.41) is 13.4. The third-order valence-electron chi connectivity index (χ3n) is 4.21. The van der Waals surface area contributed by atoms with Crippen LogP contribution in [-0.2, 0) is 4.74 Å². The maximum absolute atomic E-state index is 9.86. The maximum atomic E-state index is 9.86. The van der Waals surface area contributed by atoms with Gasteiger partial charge in [0.2, 0.25) is 0 Å². The topological polar surface area (TPSA) is 41.5 Å². The molecule has 0 aromatic carbocycles. The van der Waals surface area contributed by atoms with Crippen LogP contribution in [0.5, 0.6) is 0 Å². The summed E-state index contributed by atoms with van der Waals surface area (Å²) in [4.78, 5) is 0. The first-order valence-electron chi connectivity index (χ1n) is 7.54. The summed E-state index contributed by atoms with van der Waals surface area (Å²) in [5.74, 6) is 0.782. The third kappa shape index (κ3) is 5.25. The molecule has 0 saturated heterocycles. The zero-order chi connectivity index (χ0) is 13.0. The first-order valence-corrected chi connectivity index (χ1v) is 7.54. The van der Waals surface area contributed by atoms with Gasteiger partial charge in [-0.25, -0.2) is 0 Å². The van der Waals surface area contributed by atoms with Gasteiger partial charge in [-0.05, 0) is 43.4 Å². The van der Waals surface area contributed by atoms with Gasteiger partial charge >= 0.3 is 0 Å². The van der Waals surface area contributed by atoms with Gasteiger partial charge in [-0.1, -0.05) is 20.3 Å². The minimum atomic E-state index is -0.353. The molecule has 0 bridgehead atoms. The fourth-order valence-electron chi connectivity index (χ4n) is 2.89. The molecule has 0 aromatic rings. The van der Waals surface area contributed by atoms with Crippen LogP contribution in [0.3, 0.4) is 0 Å². The lowest BCUT2D eigenvalue weighted by Gasteiger charge is -2.36. The monoisotopic (exact) mass is 255 g/mol. The Labute approximate surface area is 111 Å². The molecular formula is C15H29NO2. The average molecular weight is 255 g/mol. The number of ether oxygens (including phenoxy) is 1. The Morgan fingerprint density at radius 2 is 2.11 bits per heavy atom. The Kier molecular flexibility index (Phi) is 5.05. The Morgan fingerprint density at radius 3 is 2.78 bits per heavy atom. The Balaban J connectivity index is 1.55. The van der Waals surface area contributed by atoms with E-state index in [2.05, 4.69) is 19.2 Å². The Hall–Kier alpha value is -0.120. The molecule has 18 heavy (non-hydrogen) atoms. The van der Waals surface area contributed by atoms with Gasteiger partial charge in [0.25, 0.3) is 0 Å². The van der Waals surface area contributed by atoms with Gasteiger partial charge in [-0.15, -0.1) is 0 Å². The van der Waals surface area contributed by atoms with Crippen LogP contribution in [0.25, 0.3) is 0 Å². The van der Waals surface area contributed by atoms with E-state index in [0.717, 1.165) is 12.5 Å². The predicted octanol–water partition coefficient (Wildman–Crippen LogP) is 2.33. The lowest BCUT2D eigenvalue weighted by atomic mass is 9.75. The minimum Gasteiger partial charge on any atom is -0.389 e. The van der Waals surface area contributed by atoms with Crippen molar-refractivity contribution in [2.75, 3.05) is 19.8 Å². The molecular weight excluding hydrogens is 226 g/mol. The first-order chi connectivity index (χ1) is 8.55. The second-order valence-electron chi connectivity index (χ2n) is 7.00. The molecule has 0 radical (unpaired) electrons. The smallest absolute Gasteiger partial charge is 0.0897 e. The van der Waals surface area contributed by atoms with Crippen molar-refractivity contribution in [3.8, 4) is 0 Å². The maximum Gasteiger partial charge on any atom is 0.0897 e. The van der Waals surface area contributed by atoms with Gasteiger partial charge in [0.05, 0.1) is 12.7 Å². The summed E-state index contributed by atoms with van der Waals surface area (Å²) < 4.78 is 5.51. The van der Waals surface area contributed by atoms with E-state index >= 15 is 0 Å². The second kappa shape index (κ2) is 6.36. The van der Waals surface area contributed by atoms with Crippen LogP contribution in [-0.4, -0.2) is 37.0 Å². The van der Waals surface area contributed by atoms with Crippen molar-refractivity contribution in [1.29, 1.82) is 0 Å². The minimum absolute atomic E-state index is 0.353. The average Bonchev–Trinajstić information content (AvgIpc) is 3.09. The molecule has 2 rings (SSSR count). The summed E-state index contributed by atoms with van der Waals surface area (Å²) >= 11 is 0. The van der Waals surface area contributed by atoms with Crippen LogP contribution < -0.4 is 5.32 Å². The molecule has 0 amide bonds. The second-order valence-corrected chi connectivity index (χ2v) is 7.00. The van der Waals surface area contributed by atoms with E-state index in [1.165, 1.54) is 38.5 Å². The molecule has 0 heterocycles. The van der Waals surface area contributed by atoms with Crippen LogP contribution >= 0.6 is 0 Å². The summed E-state index contributed by atoms with van der Waals surface area (Å²) in [7, 11) is 0. The number of hydrogen-bond donors (Lipinski definition) is 2. The van der Waals surface area contributed by atoms with Crippen LogP contribution in [0, 0.1) is 11.3 Å². The molecule has 2 aliphatic carbocycles. The number of aliphatic hydroxyl groups excluding tert-OH is 1. The van der Waals surface area contributed by atoms with Crippen molar-refractivity contribution in [3.05, 3.63) is 0 Å². The molecule has 3 heteroatoms. The highest BCUT2D eigenvalue weighted by atomic mass is 16.5. The van der Waals surface area contributed by atoms with Gasteiger partial charge in [0, 0.05) is 19.2 Å². The zero-order valence-electron chi connectivity index (χ0n) is 12.0. The van der Waals surface area contributed by atoms with Crippen LogP contribution in [0.2, 0.25) is 0 Å². The molecule has 2 unspecified atom stereocenters. The van der Waals surface area contributed by atoms with Crippen LogP contribution in [0.1, 0.15) is 52.4 Å². The lowest BCUT2D eigenvalue weighted by Crippen LogP contribution is -2.41. The highest BCUT2D eigenvalue weighted by molar-refractivity contribution is 4.83. The van der Waals surface area contributed by atoms with E-state index in [0.29, 0.717) is 24.6 Å². The number of hydrogen-bond acceptors (Lipinski definition) is 3. The van der Waals surface area contributed by atoms with Crippen molar-refractivity contribution in [2.45, 2.75) is 64.5 Å². The van der Waals surface area contributed by atoms with E-state index in [1.807, 2.05) is 0 Å². The number of rotatable bonds is 7. The van der Waals surface area contributed by atoms with E-state index in [1.54, 1.807) is 0 Å². The highest BCUT2D eigenvalue weighted by Gasteiger charge is 2.28. The zero-order valence-corrected chi connectivity index (χ0v) is 12.0. The lowest BCUT2D eigenvalue weighted by molar-refractivity contribution is 0.0294. The quantitative estimate of drug-likeness (QED) is 0.733. The molecule has 0 aliphatic heterocycles. The predicted molar refractivity (Wildman–Crippen MR) is 73.6 cm³/mol. The Bertz CT molecular complexity index is 251. The van der Waals surface area contributed by atoms with E-state index in [-0.39, 0.29) is 6.10 Å². The summed E-state index contributed by atoms with van der Waals surface area (Å²) in [6.45, 7) is 6.69. The van der Waals surface area contributed by atoms with Crippen molar-refractivity contribution in [1.82, 2.24) is 5.32 Å². The largest absolute Gasteiger partial charge is 0.389 e. The standard InChI is InChI=1S/C15H29NO2/c1-15(2)7-3-4-13(8-15)16-9-14(17)11-18-10-12-5-6-12/h12-14,16-17H,3-11H2,1-2H3. The fourth-order valence-corrected chi connectivity index (χ4v) is 2.89. The summed E-state index contributed by atoms with van der Waals surface area (Å²) in [6.07, 6.45) is 7.38. The van der Waals surface area contributed by atoms with Gasteiger partial charge in [-0.3, -0.25) is 0 Å². The van der Waals surface area contributed by atoms with Gasteiger partial charge in [0.15, 0.2) is 0 Å². The molecule has 106 valence electrons. The molecule has 0 aromatic heterocycles. The van der Waals surface area contributed by atoms with E-state index in [9.17, 15) is 5.11 Å². The molecule has 2 saturated carbocycles. The van der Waals surface area contributed by atoms with Gasteiger partial charge in [0.1, 0.15) is 0 Å². The molecule has 2 aliphatic rings. The molecule has 2 atom stereocenters. The van der Waals surface area contributed by atoms with Crippen molar-refractivity contribution in [2.24, 2.45) is 11.3 Å². The van der Waals surface area contributed by atoms with Crippen LogP contribution in [0.15, 0.2) is 0 Å². The highest BCUT2D eigenvalue weighted by Crippen LogP contribution is 2.35. The van der Waals surface area contributed by atoms with E-state index in [4.69, 9.17) is 4.74 Å². The normalized spacial score (nSPS) is 29.2. The molecule has 2 N–H and O–H groups in total. The van der Waals surface area contributed by atoms with Crippen molar-refractivity contribution in [3.63, 3.8) is 0 Å². The van der Waals surface area contributed by atoms with Gasteiger partial charge in [-0.2, -0.15) is 0 Å². The van der Waals surface area contributed by atoms with Crippen molar-refractivity contribution < 1.29 is 9.84 Å². The van der Waals surface area contributed by atoms with Crippen molar-refractivity contribution >= 4 is 0 Å². The SMILES string of the molecule is CC1(C)CCCC(NCC(O)COCC2CC2)C1. The molecule has 0 spiro atoms. The van der Waals surface area contributed by atoms with E-state index < -0.39 is 0 Å². The summed E-state index contributed by atoms with van der Waals surface area (Å²) in [5.41, 5.74) is 0.462. The third-order valence-corrected chi connectivity index (χ3v) is 4.21.